The zero-order valence-corrected chi connectivity index (χ0v) is 22.9. The van der Waals surface area contributed by atoms with E-state index in [-0.39, 0.29) is 0 Å². The van der Waals surface area contributed by atoms with E-state index in [1.807, 2.05) is 6.07 Å². The minimum absolute atomic E-state index is 0.737. The number of para-hydroxylation sites is 2. The Labute approximate surface area is 225 Å². The second-order valence-electron chi connectivity index (χ2n) is 9.47. The first-order valence-corrected chi connectivity index (χ1v) is 17.0. The Morgan fingerprint density at radius 3 is 1.45 bits per heavy atom. The molecule has 0 unspecified atom stereocenters. The monoisotopic (exact) mass is 549 g/mol. The summed E-state index contributed by atoms with van der Waals surface area (Å²) in [5.41, 5.74) is 4.64. The van der Waals surface area contributed by atoms with Crippen LogP contribution in [0.3, 0.4) is 0 Å². The molecule has 7 rings (SSSR count). The van der Waals surface area contributed by atoms with Gasteiger partial charge in [-0.25, -0.2) is 0 Å². The molecule has 0 bridgehead atoms. The van der Waals surface area contributed by atoms with Gasteiger partial charge in [-0.1, -0.05) is 0 Å². The third kappa shape index (κ3) is 3.51. The molecule has 0 aliphatic carbocycles. The van der Waals surface area contributed by atoms with Crippen LogP contribution < -0.4 is 22.5 Å². The van der Waals surface area contributed by atoms with Crippen molar-refractivity contribution in [1.29, 1.82) is 0 Å². The molecule has 0 spiro atoms. The standard InChI is InChI=1S/C34H25GeN3/c1-3-12-27(13-4-1)35(28-14-5-2-6-15-28)30-16-7-9-18-32(30)38(33-19-10-8-17-31(33)35)29-22-20-26(21-23-29)34-36-24-11-25-37-34/h1-25H. The zero-order chi connectivity index (χ0) is 25.4. The van der Waals surface area contributed by atoms with Gasteiger partial charge in [0.1, 0.15) is 0 Å². The molecule has 0 radical (unpaired) electrons. The average molecular weight is 548 g/mol. The van der Waals surface area contributed by atoms with Crippen LogP contribution in [0.4, 0.5) is 17.1 Å². The fourth-order valence-corrected chi connectivity index (χ4v) is 16.6. The molecule has 6 aromatic rings. The summed E-state index contributed by atoms with van der Waals surface area (Å²) in [6, 6.07) is 50.8. The van der Waals surface area contributed by atoms with Gasteiger partial charge in [0.15, 0.2) is 0 Å². The summed E-state index contributed by atoms with van der Waals surface area (Å²) in [6.07, 6.45) is 3.57. The quantitative estimate of drug-likeness (QED) is 0.280. The molecule has 4 heteroatoms. The molecule has 0 saturated carbocycles. The minimum atomic E-state index is -3.32. The topological polar surface area (TPSA) is 29.0 Å². The fourth-order valence-electron chi connectivity index (χ4n) is 5.90. The summed E-state index contributed by atoms with van der Waals surface area (Å²) in [7, 11) is 0. The normalized spacial score (nSPS) is 13.4. The van der Waals surface area contributed by atoms with E-state index >= 15 is 0 Å². The van der Waals surface area contributed by atoms with Crippen molar-refractivity contribution in [2.24, 2.45) is 0 Å². The number of anilines is 3. The van der Waals surface area contributed by atoms with Crippen molar-refractivity contribution >= 4 is 47.9 Å². The number of hydrogen-bond donors (Lipinski definition) is 0. The van der Waals surface area contributed by atoms with Gasteiger partial charge in [-0.15, -0.1) is 0 Å². The Balaban J connectivity index is 1.50. The summed E-state index contributed by atoms with van der Waals surface area (Å²) >= 11 is -3.32. The third-order valence-corrected chi connectivity index (χ3v) is 17.7. The predicted molar refractivity (Wildman–Crippen MR) is 159 cm³/mol. The molecule has 1 aliphatic rings. The average Bonchev–Trinajstić information content (AvgIpc) is 3.01. The maximum atomic E-state index is 4.43. The van der Waals surface area contributed by atoms with Gasteiger partial charge in [-0.05, 0) is 0 Å². The van der Waals surface area contributed by atoms with Gasteiger partial charge in [-0.3, -0.25) is 0 Å². The van der Waals surface area contributed by atoms with E-state index in [9.17, 15) is 0 Å². The van der Waals surface area contributed by atoms with Gasteiger partial charge in [-0.2, -0.15) is 0 Å². The Hall–Kier alpha value is -4.48. The van der Waals surface area contributed by atoms with Crippen molar-refractivity contribution in [3.63, 3.8) is 0 Å². The molecule has 0 fully saturated rings. The van der Waals surface area contributed by atoms with Crippen LogP contribution in [0.2, 0.25) is 0 Å². The molecule has 180 valence electrons. The summed E-state index contributed by atoms with van der Waals surface area (Å²) in [5.74, 6) is 0.737. The summed E-state index contributed by atoms with van der Waals surface area (Å²) in [5, 5.41) is 0. The van der Waals surface area contributed by atoms with Crippen molar-refractivity contribution in [3.8, 4) is 11.4 Å². The van der Waals surface area contributed by atoms with E-state index in [0.29, 0.717) is 0 Å². The maximum absolute atomic E-state index is 4.43. The van der Waals surface area contributed by atoms with Crippen molar-refractivity contribution in [2.45, 2.75) is 0 Å². The molecular formula is C34H25GeN3. The third-order valence-electron chi connectivity index (χ3n) is 7.46. The van der Waals surface area contributed by atoms with Crippen LogP contribution in [0.5, 0.6) is 0 Å². The van der Waals surface area contributed by atoms with Crippen LogP contribution in [0.15, 0.2) is 152 Å². The van der Waals surface area contributed by atoms with Crippen LogP contribution in [0.1, 0.15) is 0 Å². The van der Waals surface area contributed by atoms with E-state index in [0.717, 1.165) is 17.1 Å². The number of rotatable bonds is 4. The van der Waals surface area contributed by atoms with E-state index in [2.05, 4.69) is 148 Å². The van der Waals surface area contributed by atoms with E-state index in [1.165, 1.54) is 29.0 Å². The SMILES string of the molecule is c1cc[c]([Ge]2([c]3ccccc3)[c]3ccccc3N(c3ccc(-c4ncccn4)cc3)c3cccc[c]32)cc1. The van der Waals surface area contributed by atoms with Crippen LogP contribution in [-0.2, 0) is 0 Å². The second-order valence-corrected chi connectivity index (χ2v) is 17.3. The number of aromatic nitrogens is 2. The number of nitrogens with zero attached hydrogens (tertiary/aromatic N) is 3. The first kappa shape index (κ1) is 22.7. The Bertz CT molecular complexity index is 1610. The summed E-state index contributed by atoms with van der Waals surface area (Å²) in [4.78, 5) is 11.3. The second kappa shape index (κ2) is 9.44. The van der Waals surface area contributed by atoms with Crippen LogP contribution in [0, 0.1) is 0 Å². The van der Waals surface area contributed by atoms with Crippen molar-refractivity contribution < 1.29 is 0 Å². The Morgan fingerprint density at radius 2 is 0.921 bits per heavy atom. The molecule has 0 atom stereocenters. The number of fused-ring (bicyclic) bond motifs is 2. The van der Waals surface area contributed by atoms with Crippen molar-refractivity contribution in [1.82, 2.24) is 9.97 Å². The van der Waals surface area contributed by atoms with Crippen LogP contribution >= 0.6 is 0 Å². The van der Waals surface area contributed by atoms with Crippen molar-refractivity contribution in [2.75, 3.05) is 4.90 Å². The Kier molecular flexibility index (Phi) is 5.64. The molecule has 2 heterocycles. The van der Waals surface area contributed by atoms with Crippen molar-refractivity contribution in [3.05, 3.63) is 152 Å². The molecule has 1 aromatic heterocycles. The van der Waals surface area contributed by atoms with E-state index in [4.69, 9.17) is 0 Å². The first-order valence-electron chi connectivity index (χ1n) is 12.8. The van der Waals surface area contributed by atoms with E-state index < -0.39 is 13.3 Å². The van der Waals surface area contributed by atoms with Crippen LogP contribution in [-0.4, -0.2) is 23.2 Å². The van der Waals surface area contributed by atoms with Gasteiger partial charge in [0.25, 0.3) is 0 Å². The molecule has 1 aliphatic heterocycles. The molecule has 0 N–H and O–H groups in total. The van der Waals surface area contributed by atoms with Gasteiger partial charge in [0.05, 0.1) is 0 Å². The molecule has 5 aromatic carbocycles. The number of hydrogen-bond acceptors (Lipinski definition) is 3. The van der Waals surface area contributed by atoms with Gasteiger partial charge >= 0.3 is 226 Å². The fraction of sp³-hybridized carbons (Fsp3) is 0. The molecule has 0 saturated heterocycles. The molecule has 3 nitrogen and oxygen atoms in total. The van der Waals surface area contributed by atoms with E-state index in [1.54, 1.807) is 12.4 Å². The van der Waals surface area contributed by atoms with Gasteiger partial charge in [0, 0.05) is 0 Å². The first-order chi connectivity index (χ1) is 18.9. The van der Waals surface area contributed by atoms with Gasteiger partial charge in [0.2, 0.25) is 0 Å². The zero-order valence-electron chi connectivity index (χ0n) is 20.8. The predicted octanol–water partition coefficient (Wildman–Crippen LogP) is 5.30. The molecule has 38 heavy (non-hydrogen) atoms. The van der Waals surface area contributed by atoms with Gasteiger partial charge < -0.3 is 0 Å². The number of benzene rings is 5. The summed E-state index contributed by atoms with van der Waals surface area (Å²) < 4.78 is 5.77. The molecule has 0 amide bonds. The van der Waals surface area contributed by atoms with Crippen LogP contribution in [0.25, 0.3) is 11.4 Å². The molecular weight excluding hydrogens is 523 g/mol. The Morgan fingerprint density at radius 1 is 0.447 bits per heavy atom. The summed E-state index contributed by atoms with van der Waals surface area (Å²) in [6.45, 7) is 0.